The molecule has 0 bridgehead atoms. The molecule has 1 heterocycles. The standard InChI is InChI=1S/C18H34N2O/c1-4-11-19-16-7-12-20(13-8-16)17(21)18(14-15(2)3)9-5-6-10-18/h15-16,19H,4-14H2,1-3H3. The number of hydrogen-bond acceptors (Lipinski definition) is 2. The normalized spacial score (nSPS) is 23.0. The minimum atomic E-state index is -0.0160. The molecule has 1 N–H and O–H groups in total. The second-order valence-corrected chi connectivity index (χ2v) is 7.61. The van der Waals surface area contributed by atoms with Crippen LogP contribution in [0.1, 0.15) is 72.1 Å². The van der Waals surface area contributed by atoms with E-state index in [-0.39, 0.29) is 5.41 Å². The molecule has 1 saturated heterocycles. The first-order chi connectivity index (χ1) is 10.1. The first-order valence-electron chi connectivity index (χ1n) is 9.10. The Labute approximate surface area is 130 Å². The number of piperidine rings is 1. The molecule has 0 aromatic rings. The number of carbonyl (C=O) groups excluding carboxylic acids is 1. The van der Waals surface area contributed by atoms with Gasteiger partial charge < -0.3 is 10.2 Å². The Morgan fingerprint density at radius 3 is 2.38 bits per heavy atom. The molecule has 2 rings (SSSR count). The van der Waals surface area contributed by atoms with E-state index in [0.717, 1.165) is 51.7 Å². The molecule has 0 spiro atoms. The number of carbonyl (C=O) groups is 1. The zero-order chi connectivity index (χ0) is 15.3. The third-order valence-electron chi connectivity index (χ3n) is 5.28. The van der Waals surface area contributed by atoms with E-state index in [4.69, 9.17) is 0 Å². The van der Waals surface area contributed by atoms with E-state index in [0.29, 0.717) is 17.9 Å². The topological polar surface area (TPSA) is 32.3 Å². The summed E-state index contributed by atoms with van der Waals surface area (Å²) in [5.41, 5.74) is -0.0160. The summed E-state index contributed by atoms with van der Waals surface area (Å²) in [4.78, 5) is 15.3. The fourth-order valence-electron chi connectivity index (χ4n) is 4.31. The van der Waals surface area contributed by atoms with Crippen molar-refractivity contribution in [2.75, 3.05) is 19.6 Å². The minimum absolute atomic E-state index is 0.0160. The summed E-state index contributed by atoms with van der Waals surface area (Å²) in [6.45, 7) is 9.75. The maximum absolute atomic E-state index is 13.1. The van der Waals surface area contributed by atoms with Gasteiger partial charge in [-0.15, -0.1) is 0 Å². The van der Waals surface area contributed by atoms with E-state index in [9.17, 15) is 4.79 Å². The van der Waals surface area contributed by atoms with E-state index in [1.807, 2.05) is 0 Å². The van der Waals surface area contributed by atoms with Gasteiger partial charge in [0.05, 0.1) is 0 Å². The van der Waals surface area contributed by atoms with Gasteiger partial charge in [-0.2, -0.15) is 0 Å². The van der Waals surface area contributed by atoms with Crippen LogP contribution in [0.3, 0.4) is 0 Å². The first kappa shape index (κ1) is 16.8. The molecule has 0 unspecified atom stereocenters. The van der Waals surface area contributed by atoms with E-state index < -0.39 is 0 Å². The van der Waals surface area contributed by atoms with Crippen molar-refractivity contribution in [1.29, 1.82) is 0 Å². The first-order valence-corrected chi connectivity index (χ1v) is 9.10. The summed E-state index contributed by atoms with van der Waals surface area (Å²) in [6.07, 6.45) is 9.26. The number of likely N-dealkylation sites (tertiary alicyclic amines) is 1. The van der Waals surface area contributed by atoms with Gasteiger partial charge >= 0.3 is 0 Å². The second-order valence-electron chi connectivity index (χ2n) is 7.61. The monoisotopic (exact) mass is 294 g/mol. The van der Waals surface area contributed by atoms with Crippen LogP contribution in [0, 0.1) is 11.3 Å². The van der Waals surface area contributed by atoms with Crippen molar-refractivity contribution in [1.82, 2.24) is 10.2 Å². The fourth-order valence-corrected chi connectivity index (χ4v) is 4.31. The molecular formula is C18H34N2O. The molecular weight excluding hydrogens is 260 g/mol. The van der Waals surface area contributed by atoms with Gasteiger partial charge in [0.25, 0.3) is 0 Å². The molecule has 3 heteroatoms. The maximum atomic E-state index is 13.1. The molecule has 1 amide bonds. The molecule has 1 aliphatic heterocycles. The number of hydrogen-bond donors (Lipinski definition) is 1. The maximum Gasteiger partial charge on any atom is 0.228 e. The third kappa shape index (κ3) is 4.21. The average Bonchev–Trinajstić information content (AvgIpc) is 2.93. The molecule has 3 nitrogen and oxygen atoms in total. The van der Waals surface area contributed by atoms with Gasteiger partial charge in [0.2, 0.25) is 5.91 Å². The Morgan fingerprint density at radius 1 is 1.24 bits per heavy atom. The van der Waals surface area contributed by atoms with Crippen molar-refractivity contribution in [3.05, 3.63) is 0 Å². The van der Waals surface area contributed by atoms with Gasteiger partial charge in [-0.1, -0.05) is 33.6 Å². The smallest absolute Gasteiger partial charge is 0.228 e. The van der Waals surface area contributed by atoms with Crippen LogP contribution in [-0.2, 0) is 4.79 Å². The highest BCUT2D eigenvalue weighted by Gasteiger charge is 2.44. The molecule has 2 fully saturated rings. The van der Waals surface area contributed by atoms with Gasteiger partial charge in [0.15, 0.2) is 0 Å². The molecule has 1 aliphatic carbocycles. The highest BCUT2D eigenvalue weighted by Crippen LogP contribution is 2.45. The second kappa shape index (κ2) is 7.62. The Balaban J connectivity index is 1.90. The largest absolute Gasteiger partial charge is 0.342 e. The lowest BCUT2D eigenvalue weighted by Gasteiger charge is -2.39. The predicted molar refractivity (Wildman–Crippen MR) is 88.3 cm³/mol. The molecule has 122 valence electrons. The number of nitrogens with zero attached hydrogens (tertiary/aromatic N) is 1. The highest BCUT2D eigenvalue weighted by atomic mass is 16.2. The van der Waals surface area contributed by atoms with Crippen molar-refractivity contribution < 1.29 is 4.79 Å². The van der Waals surface area contributed by atoms with E-state index in [1.54, 1.807) is 0 Å². The summed E-state index contributed by atoms with van der Waals surface area (Å²) in [5, 5.41) is 3.60. The molecule has 1 saturated carbocycles. The van der Waals surface area contributed by atoms with E-state index in [1.165, 1.54) is 19.3 Å². The summed E-state index contributed by atoms with van der Waals surface area (Å²) in [7, 11) is 0. The Morgan fingerprint density at radius 2 is 1.86 bits per heavy atom. The minimum Gasteiger partial charge on any atom is -0.342 e. The van der Waals surface area contributed by atoms with Crippen LogP contribution in [0.15, 0.2) is 0 Å². The van der Waals surface area contributed by atoms with Crippen LogP contribution in [0.4, 0.5) is 0 Å². The van der Waals surface area contributed by atoms with E-state index in [2.05, 4.69) is 31.0 Å². The van der Waals surface area contributed by atoms with Crippen LogP contribution in [0.25, 0.3) is 0 Å². The number of nitrogens with one attached hydrogen (secondary N) is 1. The summed E-state index contributed by atoms with van der Waals surface area (Å²) in [6, 6.07) is 0.624. The van der Waals surface area contributed by atoms with Gasteiger partial charge in [0, 0.05) is 24.5 Å². The Kier molecular flexibility index (Phi) is 6.09. The van der Waals surface area contributed by atoms with Crippen molar-refractivity contribution in [3.63, 3.8) is 0 Å². The quantitative estimate of drug-likeness (QED) is 0.812. The SMILES string of the molecule is CCCNC1CCN(C(=O)C2(CC(C)C)CCCC2)CC1. The molecule has 0 atom stereocenters. The van der Waals surface area contributed by atoms with Gasteiger partial charge in [-0.05, 0) is 51.0 Å². The van der Waals surface area contributed by atoms with Crippen LogP contribution >= 0.6 is 0 Å². The Hall–Kier alpha value is -0.570. The average molecular weight is 294 g/mol. The number of amides is 1. The van der Waals surface area contributed by atoms with E-state index >= 15 is 0 Å². The lowest BCUT2D eigenvalue weighted by Crippen LogP contribution is -2.50. The molecule has 2 aliphatic rings. The van der Waals surface area contributed by atoms with Crippen LogP contribution < -0.4 is 5.32 Å². The number of rotatable bonds is 6. The molecule has 0 radical (unpaired) electrons. The third-order valence-corrected chi connectivity index (χ3v) is 5.28. The van der Waals surface area contributed by atoms with Gasteiger partial charge in [-0.25, -0.2) is 0 Å². The van der Waals surface area contributed by atoms with Crippen molar-refractivity contribution in [3.8, 4) is 0 Å². The van der Waals surface area contributed by atoms with Crippen molar-refractivity contribution >= 4 is 5.91 Å². The highest BCUT2D eigenvalue weighted by molar-refractivity contribution is 5.83. The van der Waals surface area contributed by atoms with Crippen LogP contribution in [-0.4, -0.2) is 36.5 Å². The lowest BCUT2D eigenvalue weighted by atomic mass is 9.77. The zero-order valence-corrected chi connectivity index (χ0v) is 14.3. The summed E-state index contributed by atoms with van der Waals surface area (Å²) >= 11 is 0. The van der Waals surface area contributed by atoms with Gasteiger partial charge in [-0.3, -0.25) is 4.79 Å². The molecule has 0 aromatic heterocycles. The fraction of sp³-hybridized carbons (Fsp3) is 0.944. The molecule has 21 heavy (non-hydrogen) atoms. The summed E-state index contributed by atoms with van der Waals surface area (Å²) in [5.74, 6) is 1.10. The van der Waals surface area contributed by atoms with Gasteiger partial charge in [0.1, 0.15) is 0 Å². The Bertz CT molecular complexity index is 326. The molecule has 0 aromatic carbocycles. The summed E-state index contributed by atoms with van der Waals surface area (Å²) < 4.78 is 0. The van der Waals surface area contributed by atoms with Crippen molar-refractivity contribution in [2.45, 2.75) is 78.2 Å². The van der Waals surface area contributed by atoms with Crippen LogP contribution in [0.2, 0.25) is 0 Å². The van der Waals surface area contributed by atoms with Crippen molar-refractivity contribution in [2.24, 2.45) is 11.3 Å². The lowest BCUT2D eigenvalue weighted by molar-refractivity contribution is -0.144. The zero-order valence-electron chi connectivity index (χ0n) is 14.3. The predicted octanol–water partition coefficient (Wildman–Crippen LogP) is 3.58. The van der Waals surface area contributed by atoms with Crippen LogP contribution in [0.5, 0.6) is 0 Å².